The molecule has 0 bridgehead atoms. The zero-order valence-electron chi connectivity index (χ0n) is 18.9. The first-order valence-corrected chi connectivity index (χ1v) is 10.8. The number of hydrogen-bond acceptors (Lipinski definition) is 8. The van der Waals surface area contributed by atoms with E-state index in [1.807, 2.05) is 0 Å². The van der Waals surface area contributed by atoms with Crippen LogP contribution in [0.1, 0.15) is 36.6 Å². The average Bonchev–Trinajstić information content (AvgIpc) is 2.79. The Balaban J connectivity index is 0.00000193. The van der Waals surface area contributed by atoms with Crippen LogP contribution in [0.2, 0.25) is 0 Å². The summed E-state index contributed by atoms with van der Waals surface area (Å²) in [6.45, 7) is 8.96. The topological polar surface area (TPSA) is 103 Å². The SMILES string of the molecule is C[C@H](Nc1ncc2c(n1)N([C@H](C)CO)C(=O)OC2)c1ccc(CN2CCNCC2)cc1.Cl.Cl. The number of anilines is 2. The van der Waals surface area contributed by atoms with E-state index in [2.05, 4.69) is 56.7 Å². The van der Waals surface area contributed by atoms with Gasteiger partial charge in [-0.2, -0.15) is 4.98 Å². The number of nitrogens with zero attached hydrogens (tertiary/aromatic N) is 4. The highest BCUT2D eigenvalue weighted by molar-refractivity contribution is 5.89. The van der Waals surface area contributed by atoms with Crippen molar-refractivity contribution < 1.29 is 14.6 Å². The van der Waals surface area contributed by atoms with Gasteiger partial charge in [-0.05, 0) is 25.0 Å². The first kappa shape index (κ1) is 27.1. The lowest BCUT2D eigenvalue weighted by atomic mass is 10.1. The summed E-state index contributed by atoms with van der Waals surface area (Å²) < 4.78 is 5.16. The molecular weight excluding hydrogens is 467 g/mol. The summed E-state index contributed by atoms with van der Waals surface area (Å²) in [6.07, 6.45) is 1.16. The van der Waals surface area contributed by atoms with Crippen molar-refractivity contribution in [3.63, 3.8) is 0 Å². The quantitative estimate of drug-likeness (QED) is 0.535. The number of aliphatic hydroxyl groups is 1. The third kappa shape index (κ3) is 6.45. The molecule has 9 nitrogen and oxygen atoms in total. The minimum absolute atomic E-state index is 0. The second-order valence-corrected chi connectivity index (χ2v) is 8.13. The van der Waals surface area contributed by atoms with Gasteiger partial charge in [-0.1, -0.05) is 24.3 Å². The normalized spacial score (nSPS) is 17.7. The number of fused-ring (bicyclic) bond motifs is 1. The van der Waals surface area contributed by atoms with Crippen LogP contribution < -0.4 is 15.5 Å². The zero-order valence-corrected chi connectivity index (χ0v) is 20.5. The predicted octanol–water partition coefficient (Wildman–Crippen LogP) is 2.74. The van der Waals surface area contributed by atoms with E-state index in [0.717, 1.165) is 43.9 Å². The second kappa shape index (κ2) is 12.3. The first-order valence-electron chi connectivity index (χ1n) is 10.8. The Kier molecular flexibility index (Phi) is 10.1. The van der Waals surface area contributed by atoms with Gasteiger partial charge in [-0.15, -0.1) is 24.8 Å². The molecule has 1 fully saturated rings. The first-order chi connectivity index (χ1) is 15.0. The Labute approximate surface area is 206 Å². The summed E-state index contributed by atoms with van der Waals surface area (Å²) >= 11 is 0. The summed E-state index contributed by atoms with van der Waals surface area (Å²) in [4.78, 5) is 25.0. The lowest BCUT2D eigenvalue weighted by molar-refractivity contribution is 0.134. The highest BCUT2D eigenvalue weighted by atomic mass is 35.5. The van der Waals surface area contributed by atoms with Crippen molar-refractivity contribution in [3.8, 4) is 0 Å². The molecule has 3 N–H and O–H groups in total. The fraction of sp³-hybridized carbons (Fsp3) is 0.500. The van der Waals surface area contributed by atoms with Crippen LogP contribution in [0.4, 0.5) is 16.6 Å². The maximum absolute atomic E-state index is 12.2. The van der Waals surface area contributed by atoms with Crippen LogP contribution in [0.3, 0.4) is 0 Å². The molecule has 1 aromatic carbocycles. The van der Waals surface area contributed by atoms with E-state index in [1.165, 1.54) is 10.5 Å². The van der Waals surface area contributed by atoms with Gasteiger partial charge in [0.15, 0.2) is 5.82 Å². The van der Waals surface area contributed by atoms with Gasteiger partial charge in [0.05, 0.1) is 24.3 Å². The number of piperazine rings is 1. The number of carbonyl (C=O) groups is 1. The Morgan fingerprint density at radius 2 is 1.88 bits per heavy atom. The third-order valence-corrected chi connectivity index (χ3v) is 5.76. The van der Waals surface area contributed by atoms with Crippen molar-refractivity contribution in [3.05, 3.63) is 47.2 Å². The number of aromatic nitrogens is 2. The fourth-order valence-electron chi connectivity index (χ4n) is 3.86. The summed E-state index contributed by atoms with van der Waals surface area (Å²) in [5.74, 6) is 0.912. The number of nitrogens with one attached hydrogen (secondary N) is 2. The highest BCUT2D eigenvalue weighted by Gasteiger charge is 2.31. The number of carbonyl (C=O) groups excluding carboxylic acids is 1. The van der Waals surface area contributed by atoms with Crippen LogP contribution in [0.5, 0.6) is 0 Å². The van der Waals surface area contributed by atoms with Gasteiger partial charge in [-0.3, -0.25) is 9.80 Å². The smallest absolute Gasteiger partial charge is 0.416 e. The number of halogens is 2. The number of ether oxygens (including phenoxy) is 1. The number of aliphatic hydroxyl groups excluding tert-OH is 1. The second-order valence-electron chi connectivity index (χ2n) is 8.13. The van der Waals surface area contributed by atoms with Gasteiger partial charge in [0, 0.05) is 38.9 Å². The monoisotopic (exact) mass is 498 g/mol. The van der Waals surface area contributed by atoms with Crippen LogP contribution >= 0.6 is 24.8 Å². The molecule has 1 saturated heterocycles. The van der Waals surface area contributed by atoms with Gasteiger partial charge >= 0.3 is 6.09 Å². The number of cyclic esters (lactones) is 1. The molecule has 2 atom stereocenters. The summed E-state index contributed by atoms with van der Waals surface area (Å²) in [7, 11) is 0. The maximum atomic E-state index is 12.2. The molecule has 0 unspecified atom stereocenters. The standard InChI is InChI=1S/C22H30N6O3.2ClH/c1-15(13-29)28-20-19(14-31-22(28)30)11-24-21(26-20)25-16(2)18-5-3-17(4-6-18)12-27-9-7-23-8-10-27;;/h3-6,11,15-16,23,29H,7-10,12-14H2,1-2H3,(H,24,25,26);2*1H/t15-,16+;;/m1../s1. The zero-order chi connectivity index (χ0) is 21.8. The number of benzene rings is 1. The number of rotatable bonds is 7. The van der Waals surface area contributed by atoms with Crippen molar-refractivity contribution in [2.45, 2.75) is 39.1 Å². The molecular formula is C22H32Cl2N6O3. The number of hydrogen-bond donors (Lipinski definition) is 3. The van der Waals surface area contributed by atoms with E-state index in [4.69, 9.17) is 4.74 Å². The van der Waals surface area contributed by atoms with Crippen LogP contribution in [-0.4, -0.2) is 64.9 Å². The molecule has 0 saturated carbocycles. The molecule has 182 valence electrons. The lowest BCUT2D eigenvalue weighted by Gasteiger charge is -2.31. The van der Waals surface area contributed by atoms with Crippen LogP contribution in [0.15, 0.2) is 30.5 Å². The minimum Gasteiger partial charge on any atom is -0.444 e. The van der Waals surface area contributed by atoms with Crippen molar-refractivity contribution >= 4 is 42.7 Å². The van der Waals surface area contributed by atoms with E-state index in [0.29, 0.717) is 11.8 Å². The van der Waals surface area contributed by atoms with Gasteiger partial charge < -0.3 is 20.5 Å². The van der Waals surface area contributed by atoms with Crippen molar-refractivity contribution in [2.24, 2.45) is 0 Å². The molecule has 11 heteroatoms. The molecule has 1 amide bonds. The Bertz CT molecular complexity index is 912. The van der Waals surface area contributed by atoms with Gasteiger partial charge in [0.25, 0.3) is 0 Å². The Morgan fingerprint density at radius 1 is 1.18 bits per heavy atom. The molecule has 3 heterocycles. The molecule has 1 aromatic heterocycles. The van der Waals surface area contributed by atoms with Gasteiger partial charge in [0.2, 0.25) is 5.95 Å². The Hall–Kier alpha value is -2.17. The number of amides is 1. The molecule has 0 spiro atoms. The average molecular weight is 499 g/mol. The van der Waals surface area contributed by atoms with Crippen molar-refractivity contribution in [2.75, 3.05) is 43.0 Å². The van der Waals surface area contributed by atoms with Gasteiger partial charge in [-0.25, -0.2) is 9.78 Å². The maximum Gasteiger partial charge on any atom is 0.416 e. The predicted molar refractivity (Wildman–Crippen MR) is 132 cm³/mol. The molecule has 2 aliphatic rings. The fourth-order valence-corrected chi connectivity index (χ4v) is 3.86. The molecule has 2 aliphatic heterocycles. The van der Waals surface area contributed by atoms with Crippen molar-refractivity contribution in [1.29, 1.82) is 0 Å². The largest absolute Gasteiger partial charge is 0.444 e. The molecule has 2 aromatic rings. The van der Waals surface area contributed by atoms with E-state index in [9.17, 15) is 9.90 Å². The lowest BCUT2D eigenvalue weighted by Crippen LogP contribution is -2.44. The van der Waals surface area contributed by atoms with Crippen LogP contribution in [0, 0.1) is 0 Å². The molecule has 33 heavy (non-hydrogen) atoms. The minimum atomic E-state index is -0.508. The molecule has 0 radical (unpaired) electrons. The van der Waals surface area contributed by atoms with Crippen LogP contribution in [-0.2, 0) is 17.9 Å². The van der Waals surface area contributed by atoms with Crippen LogP contribution in [0.25, 0.3) is 0 Å². The van der Waals surface area contributed by atoms with E-state index in [1.54, 1.807) is 13.1 Å². The van der Waals surface area contributed by atoms with Crippen molar-refractivity contribution in [1.82, 2.24) is 20.2 Å². The van der Waals surface area contributed by atoms with E-state index < -0.39 is 12.1 Å². The summed E-state index contributed by atoms with van der Waals surface area (Å²) in [6, 6.07) is 8.16. The molecule has 4 rings (SSSR count). The third-order valence-electron chi connectivity index (χ3n) is 5.76. The highest BCUT2D eigenvalue weighted by Crippen LogP contribution is 2.28. The Morgan fingerprint density at radius 3 is 2.55 bits per heavy atom. The van der Waals surface area contributed by atoms with E-state index in [-0.39, 0.29) is 44.1 Å². The summed E-state index contributed by atoms with van der Waals surface area (Å²) in [5, 5.41) is 16.2. The molecule has 0 aliphatic carbocycles. The summed E-state index contributed by atoms with van der Waals surface area (Å²) in [5.41, 5.74) is 3.15. The van der Waals surface area contributed by atoms with E-state index >= 15 is 0 Å². The van der Waals surface area contributed by atoms with Gasteiger partial charge in [0.1, 0.15) is 6.61 Å².